The Kier molecular flexibility index (Phi) is 8.92. The largest absolute Gasteiger partial charge is 0.490 e. The molecule has 0 spiro atoms. The molecule has 2 aromatic carbocycles. The van der Waals surface area contributed by atoms with Crippen LogP contribution >= 0.6 is 0 Å². The van der Waals surface area contributed by atoms with Crippen molar-refractivity contribution in [2.24, 2.45) is 0 Å². The van der Waals surface area contributed by atoms with Crippen molar-refractivity contribution in [3.8, 4) is 16.9 Å². The van der Waals surface area contributed by atoms with Crippen molar-refractivity contribution in [3.05, 3.63) is 77.5 Å². The summed E-state index contributed by atoms with van der Waals surface area (Å²) < 4.78 is 6.22. The van der Waals surface area contributed by atoms with Crippen LogP contribution in [0.1, 0.15) is 66.1 Å². The Labute approximate surface area is 212 Å². The Balaban J connectivity index is 1.34. The number of nitrogens with zero attached hydrogens (tertiary/aromatic N) is 1. The predicted octanol–water partition coefficient (Wildman–Crippen LogP) is 5.00. The van der Waals surface area contributed by atoms with Gasteiger partial charge in [-0.15, -0.1) is 0 Å². The molecule has 0 radical (unpaired) electrons. The zero-order valence-electron chi connectivity index (χ0n) is 20.5. The highest BCUT2D eigenvalue weighted by atomic mass is 16.5. The summed E-state index contributed by atoms with van der Waals surface area (Å²) in [4.78, 5) is 15.8. The third-order valence-corrected chi connectivity index (χ3v) is 6.72. The van der Waals surface area contributed by atoms with E-state index < -0.39 is 12.1 Å². The van der Waals surface area contributed by atoms with Gasteiger partial charge in [-0.2, -0.15) is 0 Å². The number of carboxylic acids is 1. The smallest absolute Gasteiger partial charge is 0.339 e. The summed E-state index contributed by atoms with van der Waals surface area (Å²) in [5, 5.41) is 23.2. The van der Waals surface area contributed by atoms with Gasteiger partial charge in [0, 0.05) is 18.3 Å². The Bertz CT molecular complexity index is 1120. The van der Waals surface area contributed by atoms with Crippen LogP contribution in [0.2, 0.25) is 0 Å². The van der Waals surface area contributed by atoms with E-state index in [1.807, 2.05) is 12.1 Å². The fourth-order valence-corrected chi connectivity index (χ4v) is 4.58. The van der Waals surface area contributed by atoms with Crippen LogP contribution in [-0.2, 0) is 6.42 Å². The molecule has 4 rings (SSSR count). The van der Waals surface area contributed by atoms with Crippen LogP contribution in [0.15, 0.2) is 60.8 Å². The first-order valence-electron chi connectivity index (χ1n) is 12.7. The van der Waals surface area contributed by atoms with Gasteiger partial charge in [-0.3, -0.25) is 0 Å². The average Bonchev–Trinajstić information content (AvgIpc) is 3.16. The second kappa shape index (κ2) is 12.5. The van der Waals surface area contributed by atoms with Crippen molar-refractivity contribution in [1.82, 2.24) is 10.3 Å². The molecule has 1 aromatic heterocycles. The number of nitrogen functional groups attached to an aromatic ring is 1. The van der Waals surface area contributed by atoms with Gasteiger partial charge in [0.15, 0.2) is 0 Å². The molecule has 1 saturated carbocycles. The minimum atomic E-state index is -0.967. The monoisotopic (exact) mass is 489 g/mol. The number of hydrogen-bond acceptors (Lipinski definition) is 6. The van der Waals surface area contributed by atoms with Gasteiger partial charge >= 0.3 is 5.97 Å². The number of nitrogens with two attached hydrogens (primary N) is 1. The Morgan fingerprint density at radius 1 is 1.03 bits per heavy atom. The van der Waals surface area contributed by atoms with E-state index in [1.165, 1.54) is 18.4 Å². The minimum Gasteiger partial charge on any atom is -0.490 e. The first-order valence-corrected chi connectivity index (χ1v) is 12.7. The maximum atomic E-state index is 11.8. The number of carboxylic acid groups (broad SMARTS) is 1. The first-order chi connectivity index (χ1) is 17.5. The van der Waals surface area contributed by atoms with E-state index in [4.69, 9.17) is 10.5 Å². The number of hydrogen-bond donors (Lipinski definition) is 4. The maximum Gasteiger partial charge on any atom is 0.339 e. The van der Waals surface area contributed by atoms with E-state index in [2.05, 4.69) is 34.6 Å². The van der Waals surface area contributed by atoms with E-state index in [9.17, 15) is 15.0 Å². The Hall–Kier alpha value is -3.42. The second-order valence-electron chi connectivity index (χ2n) is 9.43. The van der Waals surface area contributed by atoms with Gasteiger partial charge in [-0.25, -0.2) is 9.78 Å². The molecule has 3 aromatic rings. The summed E-state index contributed by atoms with van der Waals surface area (Å²) in [6.45, 7) is 1.16. The third-order valence-electron chi connectivity index (χ3n) is 6.72. The number of aliphatic hydroxyl groups excluding tert-OH is 1. The molecule has 5 N–H and O–H groups in total. The van der Waals surface area contributed by atoms with Crippen LogP contribution in [0.5, 0.6) is 5.75 Å². The van der Waals surface area contributed by atoms with E-state index in [-0.39, 0.29) is 11.7 Å². The summed E-state index contributed by atoms with van der Waals surface area (Å²) in [6, 6.07) is 17.1. The van der Waals surface area contributed by atoms with Crippen LogP contribution in [-0.4, -0.2) is 40.4 Å². The summed E-state index contributed by atoms with van der Waals surface area (Å²) >= 11 is 0. The number of anilines is 1. The molecule has 1 heterocycles. The molecule has 7 heteroatoms. The van der Waals surface area contributed by atoms with Crippen molar-refractivity contribution in [2.45, 2.75) is 57.2 Å². The summed E-state index contributed by atoms with van der Waals surface area (Å²) in [6.07, 6.45) is 8.48. The van der Waals surface area contributed by atoms with Gasteiger partial charge in [0.2, 0.25) is 0 Å². The fraction of sp³-hybridized carbons (Fsp3) is 0.379. The molecule has 7 nitrogen and oxygen atoms in total. The molecular weight excluding hydrogens is 454 g/mol. The number of aromatic nitrogens is 1. The number of ether oxygens (including phenoxy) is 1. The van der Waals surface area contributed by atoms with E-state index in [0.29, 0.717) is 18.1 Å². The van der Waals surface area contributed by atoms with Crippen LogP contribution in [0.3, 0.4) is 0 Å². The molecule has 0 bridgehead atoms. The lowest BCUT2D eigenvalue weighted by Gasteiger charge is -2.19. The number of aromatic carboxylic acids is 1. The Morgan fingerprint density at radius 2 is 1.75 bits per heavy atom. The molecule has 1 atom stereocenters. The topological polar surface area (TPSA) is 118 Å². The fourth-order valence-electron chi connectivity index (χ4n) is 4.58. The van der Waals surface area contributed by atoms with Crippen molar-refractivity contribution in [1.29, 1.82) is 0 Å². The minimum absolute atomic E-state index is 0.0746. The Morgan fingerprint density at radius 3 is 2.42 bits per heavy atom. The lowest BCUT2D eigenvalue weighted by molar-refractivity contribution is 0.0688. The van der Waals surface area contributed by atoms with Gasteiger partial charge < -0.3 is 26.0 Å². The first kappa shape index (κ1) is 25.7. The van der Waals surface area contributed by atoms with Crippen LogP contribution in [0.4, 0.5) is 5.82 Å². The van der Waals surface area contributed by atoms with E-state index in [1.54, 1.807) is 24.4 Å². The molecule has 1 aliphatic carbocycles. The second-order valence-corrected chi connectivity index (χ2v) is 9.43. The number of rotatable bonds is 10. The average molecular weight is 490 g/mol. The van der Waals surface area contributed by atoms with Crippen LogP contribution in [0, 0.1) is 0 Å². The van der Waals surface area contributed by atoms with Gasteiger partial charge in [0.25, 0.3) is 0 Å². The maximum absolute atomic E-state index is 11.8. The standard InChI is InChI=1S/C29H35N3O4/c30-28-14-12-23(18-32-28)26(33)19-31-16-15-20-7-9-21(10-8-20)22-11-13-25(29(34)35)27(17-22)36-24-5-3-1-2-4-6-24/h7-14,17-18,24,26,31,33H,1-6,15-16,19H2,(H2,30,32)(H,34,35)/t26-/m1/s1. The lowest BCUT2D eigenvalue weighted by atomic mass is 10.0. The highest BCUT2D eigenvalue weighted by Crippen LogP contribution is 2.31. The van der Waals surface area contributed by atoms with E-state index >= 15 is 0 Å². The summed E-state index contributed by atoms with van der Waals surface area (Å²) in [5.74, 6) is -0.0793. The highest BCUT2D eigenvalue weighted by Gasteiger charge is 2.19. The normalized spacial score (nSPS) is 15.2. The molecule has 0 aliphatic heterocycles. The van der Waals surface area contributed by atoms with Crippen molar-refractivity contribution < 1.29 is 19.7 Å². The number of aliphatic hydroxyl groups is 1. The number of benzene rings is 2. The quantitative estimate of drug-likeness (QED) is 0.234. The number of carbonyl (C=O) groups is 1. The molecule has 1 aliphatic rings. The number of nitrogens with one attached hydrogen (secondary N) is 1. The van der Waals surface area contributed by atoms with E-state index in [0.717, 1.165) is 55.3 Å². The van der Waals surface area contributed by atoms with Crippen molar-refractivity contribution >= 4 is 11.8 Å². The molecule has 36 heavy (non-hydrogen) atoms. The van der Waals surface area contributed by atoms with Gasteiger partial charge in [-0.05, 0) is 73.5 Å². The predicted molar refractivity (Wildman–Crippen MR) is 141 cm³/mol. The lowest BCUT2D eigenvalue weighted by Crippen LogP contribution is -2.23. The number of pyridine rings is 1. The molecule has 0 saturated heterocycles. The van der Waals surface area contributed by atoms with Gasteiger partial charge in [0.1, 0.15) is 17.1 Å². The van der Waals surface area contributed by atoms with Gasteiger partial charge in [-0.1, -0.05) is 49.2 Å². The zero-order valence-corrected chi connectivity index (χ0v) is 20.5. The molecular formula is C29H35N3O4. The molecule has 190 valence electrons. The van der Waals surface area contributed by atoms with Crippen LogP contribution < -0.4 is 15.8 Å². The third kappa shape index (κ3) is 7.06. The highest BCUT2D eigenvalue weighted by molar-refractivity contribution is 5.92. The van der Waals surface area contributed by atoms with Gasteiger partial charge in [0.05, 0.1) is 12.2 Å². The molecule has 1 fully saturated rings. The van der Waals surface area contributed by atoms with Crippen LogP contribution in [0.25, 0.3) is 11.1 Å². The van der Waals surface area contributed by atoms with Crippen molar-refractivity contribution in [2.75, 3.05) is 18.8 Å². The molecule has 0 unspecified atom stereocenters. The summed E-state index contributed by atoms with van der Waals surface area (Å²) in [7, 11) is 0. The zero-order chi connectivity index (χ0) is 25.3. The molecule has 0 amide bonds. The summed E-state index contributed by atoms with van der Waals surface area (Å²) in [5.41, 5.74) is 9.66. The SMILES string of the molecule is Nc1ccc([C@H](O)CNCCc2ccc(-c3ccc(C(=O)O)c(OC4CCCCCC4)c3)cc2)cn1. The van der Waals surface area contributed by atoms with Crippen molar-refractivity contribution in [3.63, 3.8) is 0 Å².